The zero-order valence-electron chi connectivity index (χ0n) is 20.6. The van der Waals surface area contributed by atoms with Gasteiger partial charge in [-0.2, -0.15) is 18.2 Å². The molecule has 0 spiro atoms. The Labute approximate surface area is 233 Å². The van der Waals surface area contributed by atoms with Crippen LogP contribution in [0.3, 0.4) is 0 Å². The molecule has 6 nitrogen and oxygen atoms in total. The zero-order chi connectivity index (χ0) is 27.2. The van der Waals surface area contributed by atoms with E-state index in [-0.39, 0.29) is 36.4 Å². The summed E-state index contributed by atoms with van der Waals surface area (Å²) in [6, 6.07) is 24.9. The minimum absolute atomic E-state index is 0. The lowest BCUT2D eigenvalue weighted by Gasteiger charge is -2.17. The van der Waals surface area contributed by atoms with Gasteiger partial charge in [0.05, 0.1) is 16.8 Å². The highest BCUT2D eigenvalue weighted by Crippen LogP contribution is 2.41. The second-order valence-corrected chi connectivity index (χ2v) is 8.31. The minimum atomic E-state index is -4.74. The maximum Gasteiger partial charge on any atom is 0.417 e. The Balaban J connectivity index is 0.00000370. The van der Waals surface area contributed by atoms with Crippen molar-refractivity contribution in [2.75, 3.05) is 0 Å². The van der Waals surface area contributed by atoms with Crippen LogP contribution in [0.5, 0.6) is 5.75 Å². The summed E-state index contributed by atoms with van der Waals surface area (Å²) in [5, 5.41) is 0. The van der Waals surface area contributed by atoms with E-state index in [0.717, 1.165) is 11.6 Å². The molecule has 0 bridgehead atoms. The number of benzene rings is 3. The van der Waals surface area contributed by atoms with Gasteiger partial charge in [-0.1, -0.05) is 42.2 Å². The molecule has 0 aliphatic heterocycles. The Morgan fingerprint density at radius 3 is 2.17 bits per heavy atom. The van der Waals surface area contributed by atoms with Crippen molar-refractivity contribution in [1.29, 1.82) is 0 Å². The van der Waals surface area contributed by atoms with E-state index < -0.39 is 23.0 Å². The molecule has 200 valence electrons. The largest absolute Gasteiger partial charge is 0.487 e. The molecule has 5 aromatic rings. The highest BCUT2D eigenvalue weighted by Gasteiger charge is 2.36. The number of nitrogens with zero attached hydrogens (tertiary/aromatic N) is 3. The number of aromatic nitrogens is 4. The van der Waals surface area contributed by atoms with Gasteiger partial charge in [0.2, 0.25) is 0 Å². The molecule has 0 saturated heterocycles. The standard InChI is InChI=1S/C30H19F3N4O2.ClH/c31-30(32,33)24-10-6-11-25(39-19-23-9-4-5-18-34-23)26(24)28-35-27(36-29(38)37-28)22-16-14-21(15-17-22)13-12-20-7-2-1-3-8-20;/h1-11,14-18H,19H2,(H,35,36,37,38);1H. The fourth-order valence-corrected chi connectivity index (χ4v) is 3.77. The number of rotatable bonds is 5. The molecule has 0 fully saturated rings. The van der Waals surface area contributed by atoms with Crippen molar-refractivity contribution in [1.82, 2.24) is 19.9 Å². The second-order valence-electron chi connectivity index (χ2n) is 8.31. The van der Waals surface area contributed by atoms with E-state index in [1.54, 1.807) is 48.7 Å². The first kappa shape index (κ1) is 28.1. The number of hydrogen-bond acceptors (Lipinski definition) is 5. The van der Waals surface area contributed by atoms with E-state index in [1.165, 1.54) is 12.1 Å². The predicted octanol–water partition coefficient (Wildman–Crippen LogP) is 6.31. The lowest BCUT2D eigenvalue weighted by atomic mass is 10.0. The van der Waals surface area contributed by atoms with Gasteiger partial charge in [-0.25, -0.2) is 9.78 Å². The highest BCUT2D eigenvalue weighted by atomic mass is 35.5. The first-order valence-corrected chi connectivity index (χ1v) is 11.8. The summed E-state index contributed by atoms with van der Waals surface area (Å²) in [6.45, 7) is -0.0806. The topological polar surface area (TPSA) is 80.8 Å². The summed E-state index contributed by atoms with van der Waals surface area (Å²) in [5.41, 5.74) is 0.269. The van der Waals surface area contributed by atoms with Crippen molar-refractivity contribution in [3.8, 4) is 40.4 Å². The van der Waals surface area contributed by atoms with Crippen molar-refractivity contribution < 1.29 is 17.9 Å². The second kappa shape index (κ2) is 12.3. The van der Waals surface area contributed by atoms with Gasteiger partial charge in [0.1, 0.15) is 18.2 Å². The molecule has 10 heteroatoms. The average Bonchev–Trinajstić information content (AvgIpc) is 2.95. The Kier molecular flexibility index (Phi) is 8.62. The first-order valence-electron chi connectivity index (χ1n) is 11.8. The molecule has 0 atom stereocenters. The van der Waals surface area contributed by atoms with Gasteiger partial charge in [0.25, 0.3) is 0 Å². The average molecular weight is 561 g/mol. The molecular formula is C30H20ClF3N4O2. The Morgan fingerprint density at radius 1 is 0.800 bits per heavy atom. The third-order valence-electron chi connectivity index (χ3n) is 5.59. The normalized spacial score (nSPS) is 10.7. The van der Waals surface area contributed by atoms with Crippen LogP contribution in [0, 0.1) is 11.8 Å². The third-order valence-corrected chi connectivity index (χ3v) is 5.59. The van der Waals surface area contributed by atoms with Crippen LogP contribution in [0.4, 0.5) is 13.2 Å². The molecule has 5 rings (SSSR count). The molecule has 0 unspecified atom stereocenters. The van der Waals surface area contributed by atoms with E-state index in [1.807, 2.05) is 30.3 Å². The van der Waals surface area contributed by atoms with Gasteiger partial charge < -0.3 is 4.74 Å². The summed E-state index contributed by atoms with van der Waals surface area (Å²) < 4.78 is 47.8. The van der Waals surface area contributed by atoms with Crippen molar-refractivity contribution in [3.05, 3.63) is 130 Å². The van der Waals surface area contributed by atoms with Gasteiger partial charge >= 0.3 is 11.9 Å². The van der Waals surface area contributed by atoms with Crippen LogP contribution in [0.15, 0.2) is 102 Å². The third kappa shape index (κ3) is 6.73. The fourth-order valence-electron chi connectivity index (χ4n) is 3.77. The van der Waals surface area contributed by atoms with Gasteiger partial charge in [-0.05, 0) is 60.7 Å². The molecule has 3 aromatic carbocycles. The van der Waals surface area contributed by atoms with Crippen LogP contribution in [0.2, 0.25) is 0 Å². The Hall–Kier alpha value is -4.94. The van der Waals surface area contributed by atoms with Gasteiger partial charge in [-0.3, -0.25) is 9.97 Å². The molecular weight excluding hydrogens is 541 g/mol. The maximum atomic E-state index is 14.0. The van der Waals surface area contributed by atoms with Crippen LogP contribution < -0.4 is 10.4 Å². The van der Waals surface area contributed by atoms with Crippen molar-refractivity contribution in [2.45, 2.75) is 12.8 Å². The summed E-state index contributed by atoms with van der Waals surface area (Å²) in [7, 11) is 0. The van der Waals surface area contributed by atoms with Crippen LogP contribution in [-0.4, -0.2) is 19.9 Å². The number of alkyl halides is 3. The number of H-pyrrole nitrogens is 1. The molecule has 0 radical (unpaired) electrons. The van der Waals surface area contributed by atoms with E-state index in [9.17, 15) is 18.0 Å². The summed E-state index contributed by atoms with van der Waals surface area (Å²) in [6.07, 6.45) is -3.18. The smallest absolute Gasteiger partial charge is 0.417 e. The van der Waals surface area contributed by atoms with Crippen molar-refractivity contribution in [3.63, 3.8) is 0 Å². The van der Waals surface area contributed by atoms with Crippen LogP contribution >= 0.6 is 12.4 Å². The van der Waals surface area contributed by atoms with Gasteiger partial charge in [-0.15, -0.1) is 12.4 Å². The summed E-state index contributed by atoms with van der Waals surface area (Å²) >= 11 is 0. The predicted molar refractivity (Wildman–Crippen MR) is 147 cm³/mol. The van der Waals surface area contributed by atoms with E-state index in [2.05, 4.69) is 31.8 Å². The quantitative estimate of drug-likeness (QED) is 0.255. The highest BCUT2D eigenvalue weighted by molar-refractivity contribution is 5.85. The molecule has 0 amide bonds. The molecule has 2 heterocycles. The zero-order valence-corrected chi connectivity index (χ0v) is 21.5. The van der Waals surface area contributed by atoms with Crippen LogP contribution in [-0.2, 0) is 12.8 Å². The molecule has 2 aromatic heterocycles. The fraction of sp³-hybridized carbons (Fsp3) is 0.0667. The molecule has 1 N–H and O–H groups in total. The summed E-state index contributed by atoms with van der Waals surface area (Å²) in [4.78, 5) is 27.1. The lowest BCUT2D eigenvalue weighted by molar-refractivity contribution is -0.137. The minimum Gasteiger partial charge on any atom is -0.487 e. The van der Waals surface area contributed by atoms with Gasteiger partial charge in [0, 0.05) is 22.9 Å². The number of ether oxygens (including phenoxy) is 1. The van der Waals surface area contributed by atoms with Crippen molar-refractivity contribution in [2.24, 2.45) is 0 Å². The maximum absolute atomic E-state index is 14.0. The van der Waals surface area contributed by atoms with Crippen LogP contribution in [0.25, 0.3) is 22.8 Å². The number of nitrogens with one attached hydrogen (secondary N) is 1. The van der Waals surface area contributed by atoms with E-state index in [0.29, 0.717) is 16.8 Å². The summed E-state index contributed by atoms with van der Waals surface area (Å²) in [5.74, 6) is 5.63. The van der Waals surface area contributed by atoms with Gasteiger partial charge in [0.15, 0.2) is 5.82 Å². The number of hydrogen-bond donors (Lipinski definition) is 1. The number of pyridine rings is 1. The lowest BCUT2D eigenvalue weighted by Crippen LogP contribution is -2.17. The van der Waals surface area contributed by atoms with Crippen molar-refractivity contribution >= 4 is 12.4 Å². The van der Waals surface area contributed by atoms with Crippen LogP contribution in [0.1, 0.15) is 22.4 Å². The van der Waals surface area contributed by atoms with E-state index >= 15 is 0 Å². The number of halogens is 4. The molecule has 40 heavy (non-hydrogen) atoms. The van der Waals surface area contributed by atoms with E-state index in [4.69, 9.17) is 4.74 Å². The monoisotopic (exact) mass is 560 g/mol. The SMILES string of the molecule is Cl.O=c1nc(-c2ccc(C#Cc3ccccc3)cc2)nc(-c2c(OCc3ccccn3)cccc2C(F)(F)F)[nH]1. The number of aromatic amines is 1. The molecule has 0 saturated carbocycles. The first-order chi connectivity index (χ1) is 18.9. The Bertz CT molecular complexity index is 1710. The Morgan fingerprint density at radius 2 is 1.50 bits per heavy atom. The molecule has 0 aliphatic rings. The molecule has 0 aliphatic carbocycles.